The first-order chi connectivity index (χ1) is 9.75. The Morgan fingerprint density at radius 1 is 1.25 bits per heavy atom. The second kappa shape index (κ2) is 5.08. The summed E-state index contributed by atoms with van der Waals surface area (Å²) < 4.78 is 12.1. The van der Waals surface area contributed by atoms with Gasteiger partial charge < -0.3 is 14.9 Å². The number of anilines is 1. The van der Waals surface area contributed by atoms with Gasteiger partial charge in [-0.15, -0.1) is 0 Å². The average molecular weight is 271 g/mol. The lowest BCUT2D eigenvalue weighted by molar-refractivity contribution is 0.295. The van der Waals surface area contributed by atoms with Crippen LogP contribution < -0.4 is 16.2 Å². The number of hydrogen-bond acceptors (Lipinski definition) is 5. The Morgan fingerprint density at radius 3 is 2.95 bits per heavy atom. The minimum Gasteiger partial charge on any atom is -0.490 e. The molecule has 0 aliphatic rings. The van der Waals surface area contributed by atoms with Gasteiger partial charge in [0.15, 0.2) is 11.2 Å². The van der Waals surface area contributed by atoms with Crippen molar-refractivity contribution in [1.82, 2.24) is 9.55 Å². The molecule has 102 valence electrons. The third-order valence-electron chi connectivity index (χ3n) is 2.92. The first-order valence-electron chi connectivity index (χ1n) is 6.17. The fraction of sp³-hybridized carbons (Fsp3) is 0.143. The molecule has 1 aromatic carbocycles. The Labute approximate surface area is 114 Å². The molecule has 0 radical (unpaired) electrons. The van der Waals surface area contributed by atoms with E-state index in [0.29, 0.717) is 35.8 Å². The highest BCUT2D eigenvalue weighted by Gasteiger charge is 2.09. The van der Waals surface area contributed by atoms with Crippen LogP contribution in [0.25, 0.3) is 11.2 Å². The van der Waals surface area contributed by atoms with E-state index in [0.717, 1.165) is 0 Å². The van der Waals surface area contributed by atoms with Crippen molar-refractivity contribution in [2.75, 3.05) is 12.3 Å². The van der Waals surface area contributed by atoms with E-state index in [4.69, 9.17) is 14.9 Å². The van der Waals surface area contributed by atoms with Gasteiger partial charge in [0, 0.05) is 6.20 Å². The minimum absolute atomic E-state index is 0.305. The molecule has 3 rings (SSSR count). The molecule has 0 saturated heterocycles. The zero-order valence-electron chi connectivity index (χ0n) is 10.7. The van der Waals surface area contributed by atoms with E-state index in [-0.39, 0.29) is 0 Å². The molecule has 0 saturated carbocycles. The topological polar surface area (TPSA) is 83.3 Å². The second-order valence-electron chi connectivity index (χ2n) is 4.23. The molecule has 6 heteroatoms. The number of nitrogens with zero attached hydrogens (tertiary/aromatic N) is 2. The molecule has 0 atom stereocenters. The first-order valence-corrected chi connectivity index (χ1v) is 6.17. The van der Waals surface area contributed by atoms with Crippen molar-refractivity contribution < 1.29 is 9.15 Å². The Balaban J connectivity index is 1.76. The van der Waals surface area contributed by atoms with Crippen LogP contribution in [0.3, 0.4) is 0 Å². The Morgan fingerprint density at radius 2 is 2.10 bits per heavy atom. The van der Waals surface area contributed by atoms with Gasteiger partial charge >= 0.3 is 5.76 Å². The van der Waals surface area contributed by atoms with Crippen molar-refractivity contribution in [2.45, 2.75) is 6.54 Å². The summed E-state index contributed by atoms with van der Waals surface area (Å²) in [7, 11) is 0. The predicted octanol–water partition coefficient (Wildman–Crippen LogP) is 1.65. The molecule has 0 aliphatic heterocycles. The molecule has 0 amide bonds. The molecule has 0 spiro atoms. The maximum atomic E-state index is 11.7. The molecule has 0 aliphatic carbocycles. The highest BCUT2D eigenvalue weighted by atomic mass is 16.5. The van der Waals surface area contributed by atoms with E-state index in [2.05, 4.69) is 4.98 Å². The smallest absolute Gasteiger partial charge is 0.421 e. The number of oxazole rings is 1. The number of hydrogen-bond donors (Lipinski definition) is 1. The van der Waals surface area contributed by atoms with E-state index >= 15 is 0 Å². The summed E-state index contributed by atoms with van der Waals surface area (Å²) in [4.78, 5) is 15.9. The van der Waals surface area contributed by atoms with Gasteiger partial charge in [0.1, 0.15) is 12.4 Å². The molecule has 2 heterocycles. The molecule has 0 fully saturated rings. The van der Waals surface area contributed by atoms with Gasteiger partial charge in [-0.2, -0.15) is 0 Å². The molecule has 2 aromatic heterocycles. The molecule has 20 heavy (non-hydrogen) atoms. The molecular formula is C14H13N3O3. The van der Waals surface area contributed by atoms with Crippen LogP contribution in [0.15, 0.2) is 51.8 Å². The number of benzene rings is 1. The second-order valence-corrected chi connectivity index (χ2v) is 4.23. The van der Waals surface area contributed by atoms with Crippen LogP contribution in [0.2, 0.25) is 0 Å². The van der Waals surface area contributed by atoms with Gasteiger partial charge in [-0.1, -0.05) is 12.1 Å². The van der Waals surface area contributed by atoms with E-state index in [1.165, 1.54) is 4.57 Å². The Hall–Kier alpha value is -2.76. The third-order valence-corrected chi connectivity index (χ3v) is 2.92. The van der Waals surface area contributed by atoms with Gasteiger partial charge in [0.2, 0.25) is 0 Å². The maximum Gasteiger partial charge on any atom is 0.421 e. The summed E-state index contributed by atoms with van der Waals surface area (Å²) in [6.45, 7) is 0.649. The number of rotatable bonds is 4. The largest absolute Gasteiger partial charge is 0.490 e. The fourth-order valence-corrected chi connectivity index (χ4v) is 1.96. The number of pyridine rings is 1. The van der Waals surface area contributed by atoms with Crippen molar-refractivity contribution in [3.63, 3.8) is 0 Å². The van der Waals surface area contributed by atoms with Crippen LogP contribution in [0.4, 0.5) is 5.69 Å². The number of para-hydroxylation sites is 2. The zero-order valence-corrected chi connectivity index (χ0v) is 10.7. The summed E-state index contributed by atoms with van der Waals surface area (Å²) in [5, 5.41) is 0. The molecule has 0 unspecified atom stereocenters. The number of nitrogens with two attached hydrogens (primary N) is 1. The molecule has 3 aromatic rings. The highest BCUT2D eigenvalue weighted by molar-refractivity contribution is 5.67. The first kappa shape index (κ1) is 12.3. The van der Waals surface area contributed by atoms with Crippen LogP contribution in [0.5, 0.6) is 5.75 Å². The lowest BCUT2D eigenvalue weighted by Crippen LogP contribution is -2.19. The summed E-state index contributed by atoms with van der Waals surface area (Å²) >= 11 is 0. The molecule has 2 N–H and O–H groups in total. The van der Waals surface area contributed by atoms with E-state index in [1.807, 2.05) is 12.1 Å². The van der Waals surface area contributed by atoms with Crippen LogP contribution in [-0.4, -0.2) is 16.2 Å². The zero-order chi connectivity index (χ0) is 13.9. The normalized spacial score (nSPS) is 10.8. The van der Waals surface area contributed by atoms with Gasteiger partial charge in [-0.25, -0.2) is 9.78 Å². The van der Waals surface area contributed by atoms with E-state index in [9.17, 15) is 4.79 Å². The van der Waals surface area contributed by atoms with Gasteiger partial charge in [0.25, 0.3) is 0 Å². The minimum atomic E-state index is -0.441. The monoisotopic (exact) mass is 271 g/mol. The number of ether oxygens (including phenoxy) is 1. The highest BCUT2D eigenvalue weighted by Crippen LogP contribution is 2.19. The van der Waals surface area contributed by atoms with Crippen molar-refractivity contribution >= 4 is 16.9 Å². The third kappa shape index (κ3) is 2.23. The number of nitrogen functional groups attached to an aromatic ring is 1. The lowest BCUT2D eigenvalue weighted by Gasteiger charge is -2.08. The molecular weight excluding hydrogens is 258 g/mol. The number of fused-ring (bicyclic) bond motifs is 1. The summed E-state index contributed by atoms with van der Waals surface area (Å²) in [6, 6.07) is 10.6. The summed E-state index contributed by atoms with van der Waals surface area (Å²) in [5.41, 5.74) is 7.33. The standard InChI is InChI=1S/C14H13N3O3/c15-10-4-1-2-5-11(10)19-9-8-17-13-12(20-14(17)18)6-3-7-16-13/h1-7H,8-9,15H2. The van der Waals surface area contributed by atoms with Crippen LogP contribution in [0, 0.1) is 0 Å². The average Bonchev–Trinajstić information content (AvgIpc) is 2.77. The molecule has 0 bridgehead atoms. The van der Waals surface area contributed by atoms with Gasteiger partial charge in [-0.3, -0.25) is 4.57 Å². The predicted molar refractivity (Wildman–Crippen MR) is 74.6 cm³/mol. The van der Waals surface area contributed by atoms with Crippen LogP contribution >= 0.6 is 0 Å². The lowest BCUT2D eigenvalue weighted by atomic mass is 10.3. The van der Waals surface area contributed by atoms with Crippen LogP contribution in [-0.2, 0) is 6.54 Å². The van der Waals surface area contributed by atoms with Gasteiger partial charge in [-0.05, 0) is 24.3 Å². The SMILES string of the molecule is Nc1ccccc1OCCn1c(=O)oc2cccnc21. The maximum absolute atomic E-state index is 11.7. The Kier molecular flexibility index (Phi) is 3.12. The van der Waals surface area contributed by atoms with Crippen LogP contribution in [0.1, 0.15) is 0 Å². The fourth-order valence-electron chi connectivity index (χ4n) is 1.96. The summed E-state index contributed by atoms with van der Waals surface area (Å²) in [6.07, 6.45) is 1.61. The van der Waals surface area contributed by atoms with Crippen molar-refractivity contribution in [3.05, 3.63) is 53.1 Å². The quantitative estimate of drug-likeness (QED) is 0.729. The van der Waals surface area contributed by atoms with E-state index < -0.39 is 5.76 Å². The van der Waals surface area contributed by atoms with Gasteiger partial charge in [0.05, 0.1) is 12.2 Å². The molecule has 6 nitrogen and oxygen atoms in total. The summed E-state index contributed by atoms with van der Waals surface area (Å²) in [5.74, 6) is 0.157. The Bertz CT molecular complexity index is 791. The number of aromatic nitrogens is 2. The van der Waals surface area contributed by atoms with Crippen molar-refractivity contribution in [2.24, 2.45) is 0 Å². The van der Waals surface area contributed by atoms with E-state index in [1.54, 1.807) is 30.5 Å². The van der Waals surface area contributed by atoms with Crippen molar-refractivity contribution in [3.8, 4) is 5.75 Å². The van der Waals surface area contributed by atoms with Crippen molar-refractivity contribution in [1.29, 1.82) is 0 Å².